The number of carbonyl (C=O) groups excluding carboxylic acids is 2. The fourth-order valence-electron chi connectivity index (χ4n) is 0.559. The Labute approximate surface area is 94.1 Å². The van der Waals surface area contributed by atoms with Crippen LogP contribution in [0.1, 0.15) is 19.8 Å². The van der Waals surface area contributed by atoms with Gasteiger partial charge in [0.15, 0.2) is 0 Å². The van der Waals surface area contributed by atoms with Crippen LogP contribution in [0, 0.1) is 5.92 Å². The van der Waals surface area contributed by atoms with Gasteiger partial charge in [0.1, 0.15) is 6.10 Å². The molecule has 0 aromatic heterocycles. The molecule has 0 aliphatic rings. The molecule has 2 amide bonds. The Hall–Kier alpha value is -1.18. The Kier molecular flexibility index (Phi) is 11.1. The summed E-state index contributed by atoms with van der Waals surface area (Å²) in [6.45, 7) is 0.943. The van der Waals surface area contributed by atoms with Crippen molar-refractivity contribution < 1.29 is 24.9 Å². The van der Waals surface area contributed by atoms with Crippen molar-refractivity contribution in [2.75, 3.05) is 13.2 Å². The molecule has 0 radical (unpaired) electrons. The fourth-order valence-corrected chi connectivity index (χ4v) is 0.559. The van der Waals surface area contributed by atoms with Gasteiger partial charge in [-0.1, -0.05) is 6.92 Å². The van der Waals surface area contributed by atoms with E-state index in [0.717, 1.165) is 0 Å². The highest BCUT2D eigenvalue weighted by molar-refractivity contribution is 5.78. The van der Waals surface area contributed by atoms with E-state index in [1.165, 1.54) is 0 Å². The maximum atomic E-state index is 10.4. The summed E-state index contributed by atoms with van der Waals surface area (Å²) < 4.78 is 0. The summed E-state index contributed by atoms with van der Waals surface area (Å²) in [6.07, 6.45) is -0.278. The average molecular weight is 236 g/mol. The van der Waals surface area contributed by atoms with E-state index in [4.69, 9.17) is 26.8 Å². The van der Waals surface area contributed by atoms with E-state index in [1.54, 1.807) is 6.92 Å². The fraction of sp³-hybridized carbons (Fsp3) is 0.778. The largest absolute Gasteiger partial charge is 0.394 e. The SMILES string of the molecule is CC(CCC(N)=O)C(N)=O.OCC(O)CO. The third-order valence-electron chi connectivity index (χ3n) is 1.73. The molecule has 7 heteroatoms. The number of aliphatic hydroxyl groups is 3. The second kappa shape index (κ2) is 10.3. The smallest absolute Gasteiger partial charge is 0.220 e. The predicted octanol–water partition coefficient (Wildman–Crippen LogP) is -2.29. The van der Waals surface area contributed by atoms with Gasteiger partial charge >= 0.3 is 0 Å². The van der Waals surface area contributed by atoms with Gasteiger partial charge < -0.3 is 26.8 Å². The summed E-state index contributed by atoms with van der Waals surface area (Å²) in [5.41, 5.74) is 9.78. The minimum atomic E-state index is -0.954. The average Bonchev–Trinajstić information content (AvgIpc) is 2.25. The number of hydrogen-bond acceptors (Lipinski definition) is 5. The van der Waals surface area contributed by atoms with Crippen LogP contribution in [0.25, 0.3) is 0 Å². The molecule has 96 valence electrons. The Balaban J connectivity index is 0. The molecule has 0 spiro atoms. The first-order valence-electron chi connectivity index (χ1n) is 4.82. The van der Waals surface area contributed by atoms with Crippen LogP contribution in [0.2, 0.25) is 0 Å². The zero-order chi connectivity index (χ0) is 13.1. The first-order valence-corrected chi connectivity index (χ1v) is 4.82. The normalized spacial score (nSPS) is 11.6. The summed E-state index contributed by atoms with van der Waals surface area (Å²) in [6, 6.07) is 0. The van der Waals surface area contributed by atoms with Crippen LogP contribution < -0.4 is 11.5 Å². The highest BCUT2D eigenvalue weighted by Gasteiger charge is 2.08. The number of hydrogen-bond donors (Lipinski definition) is 5. The standard InChI is InChI=1S/C6H12N2O2.C3H8O3/c1-4(6(8)10)2-3-5(7)9;4-1-3(6)2-5/h4H,2-3H2,1H3,(H2,7,9)(H2,8,10);3-6H,1-2H2. The van der Waals surface area contributed by atoms with E-state index in [-0.39, 0.29) is 31.5 Å². The molecular weight excluding hydrogens is 216 g/mol. The maximum absolute atomic E-state index is 10.4. The van der Waals surface area contributed by atoms with Crippen molar-refractivity contribution >= 4 is 11.8 Å². The molecule has 0 saturated carbocycles. The molecular formula is C9H20N2O5. The topological polar surface area (TPSA) is 147 Å². The molecule has 0 fully saturated rings. The minimum Gasteiger partial charge on any atom is -0.394 e. The lowest BCUT2D eigenvalue weighted by Gasteiger charge is -2.02. The zero-order valence-corrected chi connectivity index (χ0v) is 9.30. The number of carbonyl (C=O) groups is 2. The van der Waals surface area contributed by atoms with Gasteiger partial charge in [0, 0.05) is 12.3 Å². The second-order valence-corrected chi connectivity index (χ2v) is 3.33. The van der Waals surface area contributed by atoms with Crippen LogP contribution in [0.15, 0.2) is 0 Å². The molecule has 7 N–H and O–H groups in total. The Morgan fingerprint density at radius 1 is 1.19 bits per heavy atom. The first-order chi connectivity index (χ1) is 7.34. The van der Waals surface area contributed by atoms with Gasteiger partial charge in [-0.25, -0.2) is 0 Å². The van der Waals surface area contributed by atoms with Crippen molar-refractivity contribution in [2.24, 2.45) is 17.4 Å². The van der Waals surface area contributed by atoms with E-state index in [1.807, 2.05) is 0 Å². The molecule has 0 bridgehead atoms. The second-order valence-electron chi connectivity index (χ2n) is 3.33. The van der Waals surface area contributed by atoms with Gasteiger partial charge in [-0.05, 0) is 6.42 Å². The van der Waals surface area contributed by atoms with Crippen LogP contribution in [0.3, 0.4) is 0 Å². The summed E-state index contributed by atoms with van der Waals surface area (Å²) in [4.78, 5) is 20.6. The number of primary amides is 2. The molecule has 0 heterocycles. The Morgan fingerprint density at radius 2 is 1.62 bits per heavy atom. The molecule has 16 heavy (non-hydrogen) atoms. The summed E-state index contributed by atoms with van der Waals surface area (Å²) in [7, 11) is 0. The lowest BCUT2D eigenvalue weighted by molar-refractivity contribution is -0.122. The van der Waals surface area contributed by atoms with Crippen LogP contribution in [-0.2, 0) is 9.59 Å². The summed E-state index contributed by atoms with van der Waals surface area (Å²) in [5, 5.41) is 24.0. The minimum absolute atomic E-state index is 0.226. The Bertz CT molecular complexity index is 206. The van der Waals surface area contributed by atoms with Crippen molar-refractivity contribution in [3.05, 3.63) is 0 Å². The number of aliphatic hydroxyl groups excluding tert-OH is 3. The lowest BCUT2D eigenvalue weighted by atomic mass is 10.1. The van der Waals surface area contributed by atoms with Crippen LogP contribution in [0.5, 0.6) is 0 Å². The van der Waals surface area contributed by atoms with Crippen LogP contribution in [0.4, 0.5) is 0 Å². The van der Waals surface area contributed by atoms with Gasteiger partial charge in [-0.2, -0.15) is 0 Å². The third kappa shape index (κ3) is 12.8. The number of amides is 2. The highest BCUT2D eigenvalue weighted by Crippen LogP contribution is 2.02. The van der Waals surface area contributed by atoms with E-state index in [0.29, 0.717) is 6.42 Å². The van der Waals surface area contributed by atoms with Gasteiger partial charge in [-0.3, -0.25) is 9.59 Å². The molecule has 7 nitrogen and oxygen atoms in total. The molecule has 0 aromatic carbocycles. The quantitative estimate of drug-likeness (QED) is 0.352. The third-order valence-corrected chi connectivity index (χ3v) is 1.73. The first kappa shape index (κ1) is 17.2. The zero-order valence-electron chi connectivity index (χ0n) is 9.30. The van der Waals surface area contributed by atoms with E-state index >= 15 is 0 Å². The predicted molar refractivity (Wildman–Crippen MR) is 57.0 cm³/mol. The van der Waals surface area contributed by atoms with E-state index < -0.39 is 12.0 Å². The van der Waals surface area contributed by atoms with Crippen molar-refractivity contribution in [2.45, 2.75) is 25.9 Å². The van der Waals surface area contributed by atoms with E-state index in [9.17, 15) is 9.59 Å². The van der Waals surface area contributed by atoms with Crippen LogP contribution >= 0.6 is 0 Å². The molecule has 0 aliphatic heterocycles. The lowest BCUT2D eigenvalue weighted by Crippen LogP contribution is -2.22. The molecule has 0 aliphatic carbocycles. The molecule has 1 atom stereocenters. The molecule has 0 rings (SSSR count). The van der Waals surface area contributed by atoms with Crippen molar-refractivity contribution in [1.29, 1.82) is 0 Å². The van der Waals surface area contributed by atoms with Crippen molar-refractivity contribution in [3.63, 3.8) is 0 Å². The van der Waals surface area contributed by atoms with Gasteiger partial charge in [-0.15, -0.1) is 0 Å². The number of nitrogens with two attached hydrogens (primary N) is 2. The Morgan fingerprint density at radius 3 is 1.81 bits per heavy atom. The van der Waals surface area contributed by atoms with Gasteiger partial charge in [0.05, 0.1) is 13.2 Å². The molecule has 1 unspecified atom stereocenters. The molecule has 0 saturated heterocycles. The summed E-state index contributed by atoms with van der Waals surface area (Å²) >= 11 is 0. The number of rotatable bonds is 6. The van der Waals surface area contributed by atoms with Gasteiger partial charge in [0.2, 0.25) is 11.8 Å². The summed E-state index contributed by atoms with van der Waals surface area (Å²) in [5.74, 6) is -1.04. The highest BCUT2D eigenvalue weighted by atomic mass is 16.3. The monoisotopic (exact) mass is 236 g/mol. The van der Waals surface area contributed by atoms with Crippen molar-refractivity contribution in [3.8, 4) is 0 Å². The van der Waals surface area contributed by atoms with Crippen LogP contribution in [-0.4, -0.2) is 46.5 Å². The van der Waals surface area contributed by atoms with Crippen molar-refractivity contribution in [1.82, 2.24) is 0 Å². The molecule has 0 aromatic rings. The maximum Gasteiger partial charge on any atom is 0.220 e. The van der Waals surface area contributed by atoms with Gasteiger partial charge in [0.25, 0.3) is 0 Å². The van der Waals surface area contributed by atoms with E-state index in [2.05, 4.69) is 0 Å².